The number of amides is 1. The first kappa shape index (κ1) is 9.77. The van der Waals surface area contributed by atoms with E-state index in [0.717, 1.165) is 23.0 Å². The molecule has 0 atom stereocenters. The molecular weight excluding hydrogens is 188 g/mol. The van der Waals surface area contributed by atoms with Crippen molar-refractivity contribution in [2.75, 3.05) is 7.05 Å². The van der Waals surface area contributed by atoms with Gasteiger partial charge in [-0.1, -0.05) is 18.2 Å². The van der Waals surface area contributed by atoms with E-state index in [4.69, 9.17) is 0 Å². The summed E-state index contributed by atoms with van der Waals surface area (Å²) in [5.41, 5.74) is 1.86. The molecule has 0 spiro atoms. The predicted molar refractivity (Wildman–Crippen MR) is 61.0 cm³/mol. The first-order chi connectivity index (χ1) is 7.27. The molecule has 0 unspecified atom stereocenters. The van der Waals surface area contributed by atoms with Crippen LogP contribution in [0.5, 0.6) is 0 Å². The van der Waals surface area contributed by atoms with Crippen molar-refractivity contribution in [2.24, 2.45) is 0 Å². The van der Waals surface area contributed by atoms with Crippen molar-refractivity contribution < 1.29 is 4.79 Å². The third kappa shape index (κ3) is 1.50. The highest BCUT2D eigenvalue weighted by atomic mass is 16.1. The van der Waals surface area contributed by atoms with Crippen LogP contribution >= 0.6 is 0 Å². The molecule has 0 bridgehead atoms. The van der Waals surface area contributed by atoms with Gasteiger partial charge in [0.2, 0.25) is 0 Å². The SMILES string of the molecule is CCn1cc(C(=O)NC)c2ccccc21. The van der Waals surface area contributed by atoms with E-state index in [2.05, 4.69) is 16.8 Å². The molecule has 0 aliphatic rings. The Balaban J connectivity index is 2.70. The average Bonchev–Trinajstić information content (AvgIpc) is 2.67. The number of fused-ring (bicyclic) bond motifs is 1. The minimum atomic E-state index is -0.0293. The summed E-state index contributed by atoms with van der Waals surface area (Å²) in [5.74, 6) is -0.0293. The molecule has 2 rings (SSSR count). The van der Waals surface area contributed by atoms with Crippen LogP contribution in [0.1, 0.15) is 17.3 Å². The third-order valence-corrected chi connectivity index (χ3v) is 2.60. The summed E-state index contributed by atoms with van der Waals surface area (Å²) >= 11 is 0. The third-order valence-electron chi connectivity index (χ3n) is 2.60. The van der Waals surface area contributed by atoms with E-state index in [9.17, 15) is 4.79 Å². The molecule has 0 aliphatic carbocycles. The summed E-state index contributed by atoms with van der Waals surface area (Å²) in [4.78, 5) is 11.6. The molecule has 1 aromatic heterocycles. The lowest BCUT2D eigenvalue weighted by atomic mass is 10.2. The van der Waals surface area contributed by atoms with Crippen LogP contribution in [0.2, 0.25) is 0 Å². The summed E-state index contributed by atoms with van der Waals surface area (Å²) in [6.07, 6.45) is 1.91. The van der Waals surface area contributed by atoms with Gasteiger partial charge < -0.3 is 9.88 Å². The highest BCUT2D eigenvalue weighted by molar-refractivity contribution is 6.06. The van der Waals surface area contributed by atoms with Crippen LogP contribution < -0.4 is 5.32 Å². The maximum Gasteiger partial charge on any atom is 0.253 e. The second kappa shape index (κ2) is 3.77. The van der Waals surface area contributed by atoms with Gasteiger partial charge in [-0.25, -0.2) is 0 Å². The summed E-state index contributed by atoms with van der Waals surface area (Å²) in [7, 11) is 1.65. The van der Waals surface area contributed by atoms with Crippen molar-refractivity contribution in [3.63, 3.8) is 0 Å². The molecule has 1 heterocycles. The van der Waals surface area contributed by atoms with Gasteiger partial charge in [0.25, 0.3) is 5.91 Å². The van der Waals surface area contributed by atoms with E-state index < -0.39 is 0 Å². The summed E-state index contributed by atoms with van der Waals surface area (Å²) in [5, 5.41) is 3.67. The number of nitrogens with one attached hydrogen (secondary N) is 1. The number of hydrogen-bond acceptors (Lipinski definition) is 1. The lowest BCUT2D eigenvalue weighted by molar-refractivity contribution is 0.0964. The van der Waals surface area contributed by atoms with Crippen LogP contribution in [0.3, 0.4) is 0 Å². The Bertz CT molecular complexity index is 499. The molecule has 1 N–H and O–H groups in total. The Labute approximate surface area is 88.7 Å². The Morgan fingerprint density at radius 2 is 2.13 bits per heavy atom. The first-order valence-electron chi connectivity index (χ1n) is 5.08. The normalized spacial score (nSPS) is 10.5. The molecule has 1 amide bonds. The Hall–Kier alpha value is -1.77. The fourth-order valence-electron chi connectivity index (χ4n) is 1.82. The zero-order valence-corrected chi connectivity index (χ0v) is 8.95. The van der Waals surface area contributed by atoms with Crippen molar-refractivity contribution in [2.45, 2.75) is 13.5 Å². The van der Waals surface area contributed by atoms with E-state index in [1.165, 1.54) is 0 Å². The van der Waals surface area contributed by atoms with E-state index >= 15 is 0 Å². The molecule has 3 nitrogen and oxygen atoms in total. The molecule has 3 heteroatoms. The molecule has 78 valence electrons. The van der Waals surface area contributed by atoms with E-state index in [1.807, 2.05) is 30.5 Å². The van der Waals surface area contributed by atoms with Crippen LogP contribution in [0.25, 0.3) is 10.9 Å². The molecule has 0 fully saturated rings. The molecule has 0 radical (unpaired) electrons. The second-order valence-electron chi connectivity index (χ2n) is 3.43. The lowest BCUT2D eigenvalue weighted by Crippen LogP contribution is -2.17. The predicted octanol–water partition coefficient (Wildman–Crippen LogP) is 2.02. The fourth-order valence-corrected chi connectivity index (χ4v) is 1.82. The number of carbonyl (C=O) groups is 1. The monoisotopic (exact) mass is 202 g/mol. The maximum absolute atomic E-state index is 11.6. The quantitative estimate of drug-likeness (QED) is 0.794. The van der Waals surface area contributed by atoms with Gasteiger partial charge in [-0.3, -0.25) is 4.79 Å². The molecule has 0 saturated carbocycles. The second-order valence-corrected chi connectivity index (χ2v) is 3.43. The van der Waals surface area contributed by atoms with Crippen molar-refractivity contribution in [3.8, 4) is 0 Å². The number of aryl methyl sites for hydroxylation is 1. The molecule has 0 aliphatic heterocycles. The van der Waals surface area contributed by atoms with Gasteiger partial charge in [0.15, 0.2) is 0 Å². The van der Waals surface area contributed by atoms with Crippen molar-refractivity contribution >= 4 is 16.8 Å². The molecule has 1 aromatic carbocycles. The summed E-state index contributed by atoms with van der Waals surface area (Å²) in [6, 6.07) is 7.95. The van der Waals surface area contributed by atoms with Gasteiger partial charge in [-0.05, 0) is 13.0 Å². The number of benzene rings is 1. The van der Waals surface area contributed by atoms with Gasteiger partial charge in [-0.2, -0.15) is 0 Å². The number of rotatable bonds is 2. The molecular formula is C12H14N2O. The van der Waals surface area contributed by atoms with Gasteiger partial charge in [0.05, 0.1) is 5.56 Å². The maximum atomic E-state index is 11.6. The summed E-state index contributed by atoms with van der Waals surface area (Å²) in [6.45, 7) is 2.94. The average molecular weight is 202 g/mol. The molecule has 2 aromatic rings. The van der Waals surface area contributed by atoms with Crippen LogP contribution in [0.15, 0.2) is 30.5 Å². The van der Waals surface area contributed by atoms with Crippen molar-refractivity contribution in [1.29, 1.82) is 0 Å². The largest absolute Gasteiger partial charge is 0.355 e. The Kier molecular flexibility index (Phi) is 2.46. The number of aromatic nitrogens is 1. The molecule has 15 heavy (non-hydrogen) atoms. The highest BCUT2D eigenvalue weighted by Gasteiger charge is 2.12. The number of hydrogen-bond donors (Lipinski definition) is 1. The van der Waals surface area contributed by atoms with E-state index in [0.29, 0.717) is 0 Å². The summed E-state index contributed by atoms with van der Waals surface area (Å²) < 4.78 is 2.08. The minimum Gasteiger partial charge on any atom is -0.355 e. The van der Waals surface area contributed by atoms with E-state index in [1.54, 1.807) is 7.05 Å². The molecule has 0 saturated heterocycles. The number of para-hydroxylation sites is 1. The Morgan fingerprint density at radius 1 is 1.40 bits per heavy atom. The Morgan fingerprint density at radius 3 is 2.80 bits per heavy atom. The van der Waals surface area contributed by atoms with Gasteiger partial charge in [0, 0.05) is 30.7 Å². The zero-order valence-electron chi connectivity index (χ0n) is 8.95. The van der Waals surface area contributed by atoms with Crippen molar-refractivity contribution in [3.05, 3.63) is 36.0 Å². The fraction of sp³-hybridized carbons (Fsp3) is 0.250. The lowest BCUT2D eigenvalue weighted by Gasteiger charge is -1.97. The number of carbonyl (C=O) groups excluding carboxylic acids is 1. The van der Waals surface area contributed by atoms with Crippen LogP contribution in [0.4, 0.5) is 0 Å². The van der Waals surface area contributed by atoms with Crippen LogP contribution in [-0.4, -0.2) is 17.5 Å². The van der Waals surface area contributed by atoms with Crippen LogP contribution in [0, 0.1) is 0 Å². The van der Waals surface area contributed by atoms with Gasteiger partial charge >= 0.3 is 0 Å². The van der Waals surface area contributed by atoms with Crippen molar-refractivity contribution in [1.82, 2.24) is 9.88 Å². The highest BCUT2D eigenvalue weighted by Crippen LogP contribution is 2.20. The minimum absolute atomic E-state index is 0.0293. The zero-order chi connectivity index (χ0) is 10.8. The number of nitrogens with zero attached hydrogens (tertiary/aromatic N) is 1. The smallest absolute Gasteiger partial charge is 0.253 e. The topological polar surface area (TPSA) is 34.0 Å². The standard InChI is InChI=1S/C12H14N2O/c1-3-14-8-10(12(15)13-2)9-6-4-5-7-11(9)14/h4-8H,3H2,1-2H3,(H,13,15). The first-order valence-corrected chi connectivity index (χ1v) is 5.08. The van der Waals surface area contributed by atoms with Gasteiger partial charge in [0.1, 0.15) is 0 Å². The van der Waals surface area contributed by atoms with Crippen LogP contribution in [-0.2, 0) is 6.54 Å². The van der Waals surface area contributed by atoms with Gasteiger partial charge in [-0.15, -0.1) is 0 Å². The van der Waals surface area contributed by atoms with E-state index in [-0.39, 0.29) is 5.91 Å².